The molecule has 140 valence electrons. The van der Waals surface area contributed by atoms with E-state index in [1.54, 1.807) is 0 Å². The van der Waals surface area contributed by atoms with Crippen molar-refractivity contribution in [2.24, 2.45) is 0 Å². The molecule has 2 unspecified atom stereocenters. The molecule has 1 fully saturated rings. The van der Waals surface area contributed by atoms with E-state index in [9.17, 15) is 17.6 Å². The van der Waals surface area contributed by atoms with Gasteiger partial charge in [0.1, 0.15) is 16.9 Å². The highest BCUT2D eigenvalue weighted by molar-refractivity contribution is 9.11. The van der Waals surface area contributed by atoms with Gasteiger partial charge in [0.25, 0.3) is 10.2 Å². The minimum absolute atomic E-state index is 0.0939. The molecule has 26 heavy (non-hydrogen) atoms. The maximum absolute atomic E-state index is 13.3. The molecule has 2 aromatic rings. The summed E-state index contributed by atoms with van der Waals surface area (Å²) in [5, 5.41) is 2.51. The molecule has 12 heteroatoms. The highest BCUT2D eigenvalue weighted by atomic mass is 79.9. The van der Waals surface area contributed by atoms with E-state index in [1.807, 2.05) is 0 Å². The highest BCUT2D eigenvalue weighted by Gasteiger charge is 2.41. The first kappa shape index (κ1) is 15.9. The number of anilines is 1. The summed E-state index contributed by atoms with van der Waals surface area (Å²) in [6.07, 6.45) is 1.29. The molecule has 1 aromatic carbocycles. The van der Waals surface area contributed by atoms with Gasteiger partial charge >= 0.3 is 0 Å². The average molecular weight is 487 g/mol. The summed E-state index contributed by atoms with van der Waals surface area (Å²) in [5.74, 6) is -1.60. The van der Waals surface area contributed by atoms with Gasteiger partial charge in [0.2, 0.25) is 5.91 Å². The number of amides is 1. The summed E-state index contributed by atoms with van der Waals surface area (Å²) in [7, 11) is -4.55. The Morgan fingerprint density at radius 1 is 1.62 bits per heavy atom. The van der Waals surface area contributed by atoms with Crippen LogP contribution in [0.5, 0.6) is 0 Å². The minimum Gasteiger partial charge on any atom is -0.325 e. The maximum Gasteiger partial charge on any atom is 0.280 e. The lowest BCUT2D eigenvalue weighted by atomic mass is 10.1. The molecule has 0 spiro atoms. The highest BCUT2D eigenvalue weighted by Crippen LogP contribution is 2.32. The van der Waals surface area contributed by atoms with Crippen LogP contribution in [-0.2, 0) is 15.0 Å². The normalized spacial score (nSPS) is 25.1. The minimum atomic E-state index is -4.55. The first-order valence-electron chi connectivity index (χ1n) is 8.57. The second-order valence-corrected chi connectivity index (χ2v) is 9.77. The van der Waals surface area contributed by atoms with Crippen molar-refractivity contribution < 1.29 is 21.7 Å². The van der Waals surface area contributed by atoms with Gasteiger partial charge in [0.15, 0.2) is 0 Å². The molecule has 7 nitrogen and oxygen atoms in total. The number of benzene rings is 1. The predicted molar refractivity (Wildman–Crippen MR) is 101 cm³/mol. The summed E-state index contributed by atoms with van der Waals surface area (Å²) in [4.78, 5) is 16.9. The Balaban J connectivity index is 1.95. The fourth-order valence-electron chi connectivity index (χ4n) is 2.36. The van der Waals surface area contributed by atoms with Crippen LogP contribution in [0.2, 0.25) is 5.02 Å². The van der Waals surface area contributed by atoms with Crippen molar-refractivity contribution in [1.82, 2.24) is 14.0 Å². The first-order valence-corrected chi connectivity index (χ1v) is 10.5. The van der Waals surface area contributed by atoms with Gasteiger partial charge in [-0.2, -0.15) is 17.4 Å². The molecule has 1 aromatic heterocycles. The quantitative estimate of drug-likeness (QED) is 0.698. The number of nitrogens with one attached hydrogen (secondary N) is 2. The van der Waals surface area contributed by atoms with Crippen LogP contribution in [0.4, 0.5) is 10.1 Å². The van der Waals surface area contributed by atoms with Crippen molar-refractivity contribution in [2.45, 2.75) is 18.5 Å². The number of hydrogen-bond acceptors (Lipinski definition) is 5. The van der Waals surface area contributed by atoms with Gasteiger partial charge in [-0.25, -0.2) is 9.37 Å². The Kier molecular flexibility index (Phi) is 4.58. The molecule has 1 aliphatic rings. The van der Waals surface area contributed by atoms with E-state index < -0.39 is 41.0 Å². The summed E-state index contributed by atoms with van der Waals surface area (Å²) in [6, 6.07) is 0.922. The largest absolute Gasteiger partial charge is 0.325 e. The van der Waals surface area contributed by atoms with E-state index in [0.717, 1.165) is 23.5 Å². The molecule has 1 saturated heterocycles. The Hall–Kier alpha value is -1.11. The molecule has 3 rings (SSSR count). The van der Waals surface area contributed by atoms with Gasteiger partial charge in [-0.3, -0.25) is 4.79 Å². The van der Waals surface area contributed by atoms with Crippen LogP contribution in [0, 0.1) is 5.82 Å². The van der Waals surface area contributed by atoms with Crippen molar-refractivity contribution in [1.29, 1.82) is 0 Å². The van der Waals surface area contributed by atoms with Crippen molar-refractivity contribution in [3.63, 3.8) is 0 Å². The molecule has 2 N–H and O–H groups in total. The lowest BCUT2D eigenvalue weighted by Crippen LogP contribution is -2.55. The smallest absolute Gasteiger partial charge is 0.280 e. The van der Waals surface area contributed by atoms with E-state index in [4.69, 9.17) is 15.7 Å². The van der Waals surface area contributed by atoms with E-state index in [-0.39, 0.29) is 21.4 Å². The number of nitrogens with zero attached hydrogens (tertiary/aromatic N) is 2. The fourth-order valence-corrected chi connectivity index (χ4v) is 5.12. The Bertz CT molecular complexity index is 1050. The van der Waals surface area contributed by atoms with Crippen molar-refractivity contribution in [2.75, 3.05) is 12.3 Å². The van der Waals surface area contributed by atoms with Crippen molar-refractivity contribution in [3.8, 4) is 0 Å². The second kappa shape index (κ2) is 7.49. The molecule has 1 aliphatic heterocycles. The molecule has 2 heterocycles. The third-order valence-electron chi connectivity index (χ3n) is 3.58. The third kappa shape index (κ3) is 4.07. The molecule has 1 amide bonds. The molecule has 0 saturated carbocycles. The van der Waals surface area contributed by atoms with Gasteiger partial charge in [-0.05, 0) is 40.5 Å². The lowest BCUT2D eigenvalue weighted by molar-refractivity contribution is -0.120. The number of likely N-dealkylation sites (N-methyl/N-ethyl adjacent to an activating group) is 1. The molecular formula is C14H13BrClFN4O3S2. The van der Waals surface area contributed by atoms with Gasteiger partial charge < -0.3 is 5.32 Å². The van der Waals surface area contributed by atoms with Gasteiger partial charge in [-0.15, -0.1) is 11.3 Å². The molecule has 0 aliphatic carbocycles. The van der Waals surface area contributed by atoms with Crippen LogP contribution in [0.15, 0.2) is 28.2 Å². The van der Waals surface area contributed by atoms with Crippen molar-refractivity contribution >= 4 is 60.7 Å². The number of thiazole rings is 1. The first-order chi connectivity index (χ1) is 13.4. The van der Waals surface area contributed by atoms with Crippen LogP contribution in [0.1, 0.15) is 21.6 Å². The number of halogens is 3. The third-order valence-corrected chi connectivity index (χ3v) is 6.81. The van der Waals surface area contributed by atoms with Crippen LogP contribution >= 0.6 is 38.9 Å². The standard InChI is InChI=1S/C14H13BrClFN4O3S2/c1-21-11(13(22)19-7-2-3-9(17)8(16)4-7)5-10(20-26(21,23)24)14-18-6-12(15)25-14/h2-4,6,10-11,20H,5H2,1H3,(H,19,22)/i1D3. The average Bonchev–Trinajstić information content (AvgIpc) is 3.02. The molecule has 0 bridgehead atoms. The zero-order valence-corrected chi connectivity index (χ0v) is 16.7. The monoisotopic (exact) mass is 485 g/mol. The number of carbonyl (C=O) groups is 1. The van der Waals surface area contributed by atoms with E-state index in [2.05, 4.69) is 31.0 Å². The van der Waals surface area contributed by atoms with Crippen LogP contribution < -0.4 is 10.0 Å². The number of carbonyl (C=O) groups excluding carboxylic acids is 1. The summed E-state index contributed by atoms with van der Waals surface area (Å²) < 4.78 is 64.5. The van der Waals surface area contributed by atoms with Gasteiger partial charge in [-0.1, -0.05) is 11.6 Å². The van der Waals surface area contributed by atoms with E-state index in [1.165, 1.54) is 12.3 Å². The lowest BCUT2D eigenvalue weighted by Gasteiger charge is -2.35. The van der Waals surface area contributed by atoms with Crippen LogP contribution in [0.25, 0.3) is 0 Å². The maximum atomic E-state index is 13.3. The van der Waals surface area contributed by atoms with Gasteiger partial charge in [0, 0.05) is 16.8 Å². The Morgan fingerprint density at radius 2 is 2.38 bits per heavy atom. The Morgan fingerprint density at radius 3 is 3.00 bits per heavy atom. The summed E-state index contributed by atoms with van der Waals surface area (Å²) in [6.45, 7) is -3.11. The number of aromatic nitrogens is 1. The van der Waals surface area contributed by atoms with Crippen LogP contribution in [-0.4, -0.2) is 36.6 Å². The molecule has 2 atom stereocenters. The predicted octanol–water partition coefficient (Wildman–Crippen LogP) is 2.92. The zero-order valence-electron chi connectivity index (χ0n) is 15.7. The van der Waals surface area contributed by atoms with E-state index >= 15 is 0 Å². The molecular weight excluding hydrogens is 471 g/mol. The van der Waals surface area contributed by atoms with Crippen molar-refractivity contribution in [3.05, 3.63) is 44.0 Å². The molecule has 0 radical (unpaired) electrons. The Labute approximate surface area is 171 Å². The van der Waals surface area contributed by atoms with E-state index in [0.29, 0.717) is 8.79 Å². The number of hydrogen-bond donors (Lipinski definition) is 2. The van der Waals surface area contributed by atoms with Gasteiger partial charge in [0.05, 0.1) is 21.0 Å². The summed E-state index contributed by atoms with van der Waals surface area (Å²) in [5.41, 5.74) is 0.0939. The zero-order chi connectivity index (χ0) is 21.6. The van der Waals surface area contributed by atoms with Crippen LogP contribution in [0.3, 0.4) is 0 Å². The second-order valence-electron chi connectivity index (χ2n) is 5.34. The SMILES string of the molecule is [2H]C([2H])([2H])N1C(C(=O)Nc2ccc(F)c(Cl)c2)CC(c2ncc(Br)s2)NS1(=O)=O. The fraction of sp³-hybridized carbons (Fsp3) is 0.286. The number of rotatable bonds is 3. The summed E-state index contributed by atoms with van der Waals surface area (Å²) >= 11 is 10.1. The topological polar surface area (TPSA) is 91.4 Å².